The van der Waals surface area contributed by atoms with Crippen LogP contribution in [0.25, 0.3) is 5.57 Å². The van der Waals surface area contributed by atoms with Gasteiger partial charge in [0, 0.05) is 10.6 Å². The zero-order chi connectivity index (χ0) is 9.14. The van der Waals surface area contributed by atoms with E-state index in [1.807, 2.05) is 6.07 Å². The number of hydrogen-bond acceptors (Lipinski definition) is 1. The smallest absolute Gasteiger partial charge is 0.0992 e. The minimum Gasteiger partial charge on any atom is -0.192 e. The SMILES string of the molecule is C=C(C#N)c1ccc(Cl)cc1Cl. The molecule has 60 valence electrons. The minimum atomic E-state index is 0.344. The van der Waals surface area contributed by atoms with Crippen LogP contribution in [-0.2, 0) is 0 Å². The number of nitrogens with zero attached hydrogens (tertiary/aromatic N) is 1. The van der Waals surface area contributed by atoms with Gasteiger partial charge in [-0.2, -0.15) is 5.26 Å². The van der Waals surface area contributed by atoms with Crippen molar-refractivity contribution in [3.05, 3.63) is 40.4 Å². The highest BCUT2D eigenvalue weighted by Gasteiger charge is 2.03. The van der Waals surface area contributed by atoms with E-state index in [-0.39, 0.29) is 0 Å². The first-order valence-corrected chi connectivity index (χ1v) is 3.95. The Morgan fingerprint density at radius 3 is 2.58 bits per heavy atom. The Morgan fingerprint density at radius 1 is 1.42 bits per heavy atom. The molecule has 0 aliphatic heterocycles. The highest BCUT2D eigenvalue weighted by molar-refractivity contribution is 6.35. The minimum absolute atomic E-state index is 0.344. The third kappa shape index (κ3) is 1.79. The summed E-state index contributed by atoms with van der Waals surface area (Å²) < 4.78 is 0. The van der Waals surface area contributed by atoms with Crippen LogP contribution < -0.4 is 0 Å². The average Bonchev–Trinajstić information content (AvgIpc) is 2.03. The normalized spacial score (nSPS) is 9.08. The number of hydrogen-bond donors (Lipinski definition) is 0. The molecule has 0 fully saturated rings. The molecule has 0 aliphatic carbocycles. The van der Waals surface area contributed by atoms with E-state index in [2.05, 4.69) is 6.58 Å². The molecule has 1 aromatic rings. The molecule has 0 N–H and O–H groups in total. The quantitative estimate of drug-likeness (QED) is 0.633. The fraction of sp³-hybridized carbons (Fsp3) is 0. The topological polar surface area (TPSA) is 23.8 Å². The van der Waals surface area contributed by atoms with E-state index in [0.717, 1.165) is 0 Å². The van der Waals surface area contributed by atoms with Crippen molar-refractivity contribution in [2.45, 2.75) is 0 Å². The van der Waals surface area contributed by atoms with E-state index in [1.54, 1.807) is 18.2 Å². The van der Waals surface area contributed by atoms with Gasteiger partial charge < -0.3 is 0 Å². The third-order valence-electron chi connectivity index (χ3n) is 1.39. The van der Waals surface area contributed by atoms with Gasteiger partial charge in [-0.05, 0) is 12.1 Å². The van der Waals surface area contributed by atoms with Gasteiger partial charge in [0.1, 0.15) is 0 Å². The van der Waals surface area contributed by atoms with Gasteiger partial charge in [0.15, 0.2) is 0 Å². The Morgan fingerprint density at radius 2 is 2.08 bits per heavy atom. The molecule has 0 radical (unpaired) electrons. The molecule has 0 atom stereocenters. The summed E-state index contributed by atoms with van der Waals surface area (Å²) in [5.74, 6) is 0. The van der Waals surface area contributed by atoms with Gasteiger partial charge in [-0.25, -0.2) is 0 Å². The molecular weight excluding hydrogens is 193 g/mol. The van der Waals surface area contributed by atoms with E-state index in [0.29, 0.717) is 21.2 Å². The Hall–Kier alpha value is -0.970. The molecule has 0 saturated heterocycles. The van der Waals surface area contributed by atoms with Gasteiger partial charge >= 0.3 is 0 Å². The van der Waals surface area contributed by atoms with Crippen LogP contribution in [0.1, 0.15) is 5.56 Å². The molecule has 0 unspecified atom stereocenters. The highest BCUT2D eigenvalue weighted by Crippen LogP contribution is 2.25. The van der Waals surface area contributed by atoms with E-state index >= 15 is 0 Å². The Bertz CT molecular complexity index is 363. The van der Waals surface area contributed by atoms with Crippen LogP contribution in [0.4, 0.5) is 0 Å². The van der Waals surface area contributed by atoms with Crippen LogP contribution >= 0.6 is 23.2 Å². The van der Waals surface area contributed by atoms with E-state index in [9.17, 15) is 0 Å². The van der Waals surface area contributed by atoms with Crippen molar-refractivity contribution < 1.29 is 0 Å². The lowest BCUT2D eigenvalue weighted by Gasteiger charge is -2.00. The first kappa shape index (κ1) is 9.12. The first-order valence-electron chi connectivity index (χ1n) is 3.19. The van der Waals surface area contributed by atoms with Crippen molar-refractivity contribution in [3.63, 3.8) is 0 Å². The molecule has 0 saturated carbocycles. The molecule has 0 amide bonds. The summed E-state index contributed by atoms with van der Waals surface area (Å²) in [4.78, 5) is 0. The summed E-state index contributed by atoms with van der Waals surface area (Å²) in [6.45, 7) is 3.55. The molecule has 1 aromatic carbocycles. The highest BCUT2D eigenvalue weighted by atomic mass is 35.5. The average molecular weight is 198 g/mol. The van der Waals surface area contributed by atoms with Crippen molar-refractivity contribution in [1.29, 1.82) is 5.26 Å². The largest absolute Gasteiger partial charge is 0.192 e. The van der Waals surface area contributed by atoms with E-state index in [4.69, 9.17) is 28.5 Å². The monoisotopic (exact) mass is 197 g/mol. The van der Waals surface area contributed by atoms with Crippen LogP contribution in [-0.4, -0.2) is 0 Å². The summed E-state index contributed by atoms with van der Waals surface area (Å²) in [5, 5.41) is 9.54. The van der Waals surface area contributed by atoms with Crippen molar-refractivity contribution in [2.75, 3.05) is 0 Å². The molecule has 3 heteroatoms. The predicted molar refractivity (Wildman–Crippen MR) is 51.1 cm³/mol. The van der Waals surface area contributed by atoms with Gasteiger partial charge in [0.2, 0.25) is 0 Å². The summed E-state index contributed by atoms with van der Waals surface area (Å²) in [6, 6.07) is 6.85. The maximum Gasteiger partial charge on any atom is 0.0992 e. The maximum absolute atomic E-state index is 8.54. The van der Waals surface area contributed by atoms with Crippen LogP contribution in [0.3, 0.4) is 0 Å². The van der Waals surface area contributed by atoms with Gasteiger partial charge in [0.05, 0.1) is 16.7 Å². The zero-order valence-electron chi connectivity index (χ0n) is 6.14. The number of nitriles is 1. The summed E-state index contributed by atoms with van der Waals surface area (Å²) in [7, 11) is 0. The fourth-order valence-corrected chi connectivity index (χ4v) is 1.32. The molecule has 0 aromatic heterocycles. The number of allylic oxidation sites excluding steroid dienone is 1. The van der Waals surface area contributed by atoms with Crippen LogP contribution in [0.5, 0.6) is 0 Å². The second kappa shape index (κ2) is 3.62. The van der Waals surface area contributed by atoms with Gasteiger partial charge in [0.25, 0.3) is 0 Å². The van der Waals surface area contributed by atoms with Crippen LogP contribution in [0.2, 0.25) is 10.0 Å². The number of benzene rings is 1. The van der Waals surface area contributed by atoms with Crippen LogP contribution in [0, 0.1) is 11.3 Å². The van der Waals surface area contributed by atoms with Crippen molar-refractivity contribution in [3.8, 4) is 6.07 Å². The number of halogens is 2. The maximum atomic E-state index is 8.54. The predicted octanol–water partition coefficient (Wildman–Crippen LogP) is 3.53. The summed E-state index contributed by atoms with van der Waals surface area (Å²) >= 11 is 11.5. The molecule has 0 spiro atoms. The Balaban J connectivity index is 3.20. The summed E-state index contributed by atoms with van der Waals surface area (Å²) in [5.41, 5.74) is 0.972. The molecule has 0 heterocycles. The zero-order valence-corrected chi connectivity index (χ0v) is 7.65. The van der Waals surface area contributed by atoms with E-state index in [1.165, 1.54) is 0 Å². The number of rotatable bonds is 1. The van der Waals surface area contributed by atoms with Gasteiger partial charge in [-0.1, -0.05) is 35.8 Å². The van der Waals surface area contributed by atoms with Crippen molar-refractivity contribution >= 4 is 28.8 Å². The van der Waals surface area contributed by atoms with E-state index < -0.39 is 0 Å². The first-order chi connectivity index (χ1) is 5.65. The lowest BCUT2D eigenvalue weighted by molar-refractivity contribution is 1.52. The molecule has 1 rings (SSSR count). The molecule has 0 aliphatic rings. The third-order valence-corrected chi connectivity index (χ3v) is 1.94. The standard InChI is InChI=1S/C9H5Cl2N/c1-6(5-12)8-3-2-7(10)4-9(8)11/h2-4H,1H2. The molecule has 0 bridgehead atoms. The van der Waals surface area contributed by atoms with Crippen molar-refractivity contribution in [1.82, 2.24) is 0 Å². The molecule has 1 nitrogen and oxygen atoms in total. The molecular formula is C9H5Cl2N. The van der Waals surface area contributed by atoms with Crippen LogP contribution in [0.15, 0.2) is 24.8 Å². The molecule has 12 heavy (non-hydrogen) atoms. The Labute approximate surface area is 80.8 Å². The van der Waals surface area contributed by atoms with Gasteiger partial charge in [-0.3, -0.25) is 0 Å². The fourth-order valence-electron chi connectivity index (χ4n) is 0.794. The second-order valence-corrected chi connectivity index (χ2v) is 3.06. The van der Waals surface area contributed by atoms with Crippen molar-refractivity contribution in [2.24, 2.45) is 0 Å². The van der Waals surface area contributed by atoms with Gasteiger partial charge in [-0.15, -0.1) is 0 Å². The second-order valence-electron chi connectivity index (χ2n) is 2.21. The lowest BCUT2D eigenvalue weighted by Crippen LogP contribution is -1.80. The Kier molecular flexibility index (Phi) is 2.75. The lowest BCUT2D eigenvalue weighted by atomic mass is 10.1. The summed E-state index contributed by atoms with van der Waals surface area (Å²) in [6.07, 6.45) is 0.